The van der Waals surface area contributed by atoms with Gasteiger partial charge in [0.15, 0.2) is 0 Å². The third-order valence-corrected chi connectivity index (χ3v) is 5.08. The van der Waals surface area contributed by atoms with Crippen LogP contribution in [0.3, 0.4) is 0 Å². The van der Waals surface area contributed by atoms with Gasteiger partial charge in [0, 0.05) is 24.6 Å². The Morgan fingerprint density at radius 3 is 2.75 bits per heavy atom. The molecule has 1 aliphatic rings. The highest BCUT2D eigenvalue weighted by atomic mass is 32.1. The Balaban J connectivity index is 1.51. The van der Waals surface area contributed by atoms with Crippen LogP contribution in [0.25, 0.3) is 0 Å². The van der Waals surface area contributed by atoms with Crippen molar-refractivity contribution in [2.75, 3.05) is 18.4 Å². The normalized spacial score (nSPS) is 15.5. The van der Waals surface area contributed by atoms with E-state index in [-0.39, 0.29) is 11.8 Å². The van der Waals surface area contributed by atoms with E-state index in [0.29, 0.717) is 30.0 Å². The molecule has 5 nitrogen and oxygen atoms in total. The maximum Gasteiger partial charge on any atom is 0.323 e. The molecule has 1 aliphatic heterocycles. The summed E-state index contributed by atoms with van der Waals surface area (Å²) in [5.41, 5.74) is 1.71. The van der Waals surface area contributed by atoms with Crippen LogP contribution in [-0.2, 0) is 6.42 Å². The van der Waals surface area contributed by atoms with Crippen molar-refractivity contribution < 1.29 is 9.18 Å². The number of carbonyl (C=O) groups excluding carboxylic acids is 1. The molecule has 0 aliphatic carbocycles. The average molecular weight is 348 g/mol. The number of aromatic nitrogens is 2. The zero-order valence-electron chi connectivity index (χ0n) is 13.9. The minimum absolute atomic E-state index is 0.123. The van der Waals surface area contributed by atoms with E-state index in [9.17, 15) is 9.18 Å². The van der Waals surface area contributed by atoms with E-state index in [1.807, 2.05) is 19.1 Å². The zero-order chi connectivity index (χ0) is 17.1. The molecule has 1 aromatic carbocycles. The van der Waals surface area contributed by atoms with E-state index >= 15 is 0 Å². The van der Waals surface area contributed by atoms with Crippen LogP contribution in [0.1, 0.15) is 29.8 Å². The number of nitrogens with one attached hydrogen (secondary N) is 1. The second kappa shape index (κ2) is 7.25. The Morgan fingerprint density at radius 2 is 2.12 bits per heavy atom. The first-order valence-corrected chi connectivity index (χ1v) is 8.90. The van der Waals surface area contributed by atoms with Gasteiger partial charge in [-0.3, -0.25) is 5.32 Å². The van der Waals surface area contributed by atoms with Gasteiger partial charge in [-0.25, -0.2) is 14.2 Å². The van der Waals surface area contributed by atoms with Gasteiger partial charge in [-0.2, -0.15) is 4.37 Å². The number of rotatable bonds is 3. The highest BCUT2D eigenvalue weighted by molar-refractivity contribution is 7.09. The molecule has 128 valence electrons. The van der Waals surface area contributed by atoms with Crippen LogP contribution in [0.2, 0.25) is 0 Å². The molecular formula is C17H21FN4OS. The Morgan fingerprint density at radius 1 is 1.38 bits per heavy atom. The number of benzene rings is 1. The largest absolute Gasteiger partial charge is 0.324 e. The highest BCUT2D eigenvalue weighted by Gasteiger charge is 2.24. The lowest BCUT2D eigenvalue weighted by Gasteiger charge is -2.31. The quantitative estimate of drug-likeness (QED) is 0.918. The van der Waals surface area contributed by atoms with Crippen LogP contribution in [0.4, 0.5) is 14.3 Å². The summed E-state index contributed by atoms with van der Waals surface area (Å²) in [6.07, 6.45) is 2.50. The van der Waals surface area contributed by atoms with Gasteiger partial charge < -0.3 is 4.90 Å². The zero-order valence-corrected chi connectivity index (χ0v) is 14.7. The highest BCUT2D eigenvalue weighted by Crippen LogP contribution is 2.24. The molecule has 0 bridgehead atoms. The van der Waals surface area contributed by atoms with Crippen molar-refractivity contribution in [1.82, 2.24) is 14.3 Å². The summed E-state index contributed by atoms with van der Waals surface area (Å²) in [4.78, 5) is 18.2. The second-order valence-electron chi connectivity index (χ2n) is 6.31. The number of halogens is 1. The summed E-state index contributed by atoms with van der Waals surface area (Å²) < 4.78 is 18.0. The maximum absolute atomic E-state index is 14.0. The fourth-order valence-corrected chi connectivity index (χ4v) is 3.55. The third kappa shape index (κ3) is 4.08. The first-order chi connectivity index (χ1) is 11.5. The van der Waals surface area contributed by atoms with Crippen molar-refractivity contribution >= 4 is 22.7 Å². The van der Waals surface area contributed by atoms with Gasteiger partial charge in [-0.1, -0.05) is 12.1 Å². The van der Waals surface area contributed by atoms with E-state index in [1.165, 1.54) is 11.5 Å². The van der Waals surface area contributed by atoms with Crippen molar-refractivity contribution in [3.63, 3.8) is 0 Å². The second-order valence-corrected chi connectivity index (χ2v) is 7.06. The predicted octanol–water partition coefficient (Wildman–Crippen LogP) is 3.78. The Labute approximate surface area is 145 Å². The fourth-order valence-electron chi connectivity index (χ4n) is 2.99. The van der Waals surface area contributed by atoms with E-state index in [4.69, 9.17) is 0 Å². The molecule has 7 heteroatoms. The molecule has 3 rings (SSSR count). The lowest BCUT2D eigenvalue weighted by molar-refractivity contribution is 0.182. The van der Waals surface area contributed by atoms with Crippen LogP contribution in [0.5, 0.6) is 0 Å². The first-order valence-electron chi connectivity index (χ1n) is 8.12. The molecule has 24 heavy (non-hydrogen) atoms. The minimum Gasteiger partial charge on any atom is -0.324 e. The van der Waals surface area contributed by atoms with Crippen molar-refractivity contribution in [3.05, 3.63) is 41.0 Å². The molecular weight excluding hydrogens is 327 g/mol. The van der Waals surface area contributed by atoms with Gasteiger partial charge in [-0.05, 0) is 56.2 Å². The Hall–Kier alpha value is -2.02. The van der Waals surface area contributed by atoms with E-state index in [0.717, 1.165) is 30.4 Å². The van der Waals surface area contributed by atoms with Gasteiger partial charge in [-0.15, -0.1) is 0 Å². The van der Waals surface area contributed by atoms with Crippen LogP contribution in [0, 0.1) is 25.6 Å². The Bertz CT molecular complexity index is 725. The maximum atomic E-state index is 14.0. The third-order valence-electron chi connectivity index (χ3n) is 4.36. The van der Waals surface area contributed by atoms with Crippen molar-refractivity contribution in [1.29, 1.82) is 0 Å². The number of anilines is 1. The van der Waals surface area contributed by atoms with E-state index in [2.05, 4.69) is 14.7 Å². The fraction of sp³-hybridized carbons (Fsp3) is 0.471. The Kier molecular flexibility index (Phi) is 5.08. The number of piperidine rings is 1. The number of aryl methyl sites for hydroxylation is 2. The van der Waals surface area contributed by atoms with Crippen molar-refractivity contribution in [3.8, 4) is 0 Å². The van der Waals surface area contributed by atoms with E-state index in [1.54, 1.807) is 17.9 Å². The SMILES string of the molecule is Cc1ccc(CC2CCN(C(=O)Nc3nc(C)ns3)CC2)c(F)c1. The number of nitrogens with zero attached hydrogens (tertiary/aromatic N) is 3. The van der Waals surface area contributed by atoms with Gasteiger partial charge in [0.25, 0.3) is 0 Å². The predicted molar refractivity (Wildman–Crippen MR) is 92.8 cm³/mol. The topological polar surface area (TPSA) is 58.1 Å². The van der Waals surface area contributed by atoms with Crippen LogP contribution >= 0.6 is 11.5 Å². The number of likely N-dealkylation sites (tertiary alicyclic amines) is 1. The van der Waals surface area contributed by atoms with Crippen LogP contribution in [0.15, 0.2) is 18.2 Å². The van der Waals surface area contributed by atoms with Crippen molar-refractivity contribution in [2.24, 2.45) is 5.92 Å². The standard InChI is InChI=1S/C17H21FN4OS/c1-11-3-4-14(15(18)9-11)10-13-5-7-22(8-6-13)17(23)20-16-19-12(2)21-24-16/h3-4,9,13H,5-8,10H2,1-2H3,(H,19,20,21,23). The lowest BCUT2D eigenvalue weighted by Crippen LogP contribution is -2.41. The molecule has 2 aromatic rings. The minimum atomic E-state index is -0.133. The number of amides is 2. The molecule has 1 aromatic heterocycles. The summed E-state index contributed by atoms with van der Waals surface area (Å²) in [6.45, 7) is 5.05. The summed E-state index contributed by atoms with van der Waals surface area (Å²) in [5, 5.41) is 3.31. The smallest absolute Gasteiger partial charge is 0.323 e. The molecule has 0 radical (unpaired) electrons. The van der Waals surface area contributed by atoms with Crippen LogP contribution in [-0.4, -0.2) is 33.4 Å². The summed E-state index contributed by atoms with van der Waals surface area (Å²) in [5.74, 6) is 0.950. The number of hydrogen-bond acceptors (Lipinski definition) is 4. The number of carbonyl (C=O) groups is 1. The monoisotopic (exact) mass is 348 g/mol. The van der Waals surface area contributed by atoms with Gasteiger partial charge >= 0.3 is 6.03 Å². The molecule has 1 N–H and O–H groups in total. The number of hydrogen-bond donors (Lipinski definition) is 1. The number of urea groups is 1. The summed E-state index contributed by atoms with van der Waals surface area (Å²) in [6, 6.07) is 5.28. The van der Waals surface area contributed by atoms with Crippen molar-refractivity contribution in [2.45, 2.75) is 33.1 Å². The van der Waals surface area contributed by atoms with Gasteiger partial charge in [0.1, 0.15) is 11.6 Å². The molecule has 0 saturated carbocycles. The molecule has 2 heterocycles. The lowest BCUT2D eigenvalue weighted by atomic mass is 9.90. The molecule has 2 amide bonds. The molecule has 1 saturated heterocycles. The van der Waals surface area contributed by atoms with Gasteiger partial charge in [0.2, 0.25) is 5.13 Å². The molecule has 0 unspecified atom stereocenters. The van der Waals surface area contributed by atoms with Gasteiger partial charge in [0.05, 0.1) is 0 Å². The van der Waals surface area contributed by atoms with E-state index < -0.39 is 0 Å². The average Bonchev–Trinajstić information content (AvgIpc) is 2.96. The molecule has 0 spiro atoms. The summed E-state index contributed by atoms with van der Waals surface area (Å²) >= 11 is 1.19. The summed E-state index contributed by atoms with van der Waals surface area (Å²) in [7, 11) is 0. The molecule has 1 fully saturated rings. The first kappa shape index (κ1) is 16.8. The van der Waals surface area contributed by atoms with Crippen LogP contribution < -0.4 is 5.32 Å². The molecule has 0 atom stereocenters.